The Morgan fingerprint density at radius 2 is 2.21 bits per heavy atom. The van der Waals surface area contributed by atoms with Gasteiger partial charge in [-0.15, -0.1) is 0 Å². The third kappa shape index (κ3) is 4.39. The molecule has 0 aromatic carbocycles. The summed E-state index contributed by atoms with van der Waals surface area (Å²) < 4.78 is 6.85. The highest BCUT2D eigenvalue weighted by Crippen LogP contribution is 2.20. The number of ether oxygens (including phenoxy) is 1. The maximum atomic E-state index is 11.8. The quantitative estimate of drug-likeness (QED) is 0.845. The summed E-state index contributed by atoms with van der Waals surface area (Å²) in [6, 6.07) is -0.431. The molecule has 6 heteroatoms. The van der Waals surface area contributed by atoms with Crippen LogP contribution in [0.15, 0.2) is 6.20 Å². The number of aryl methyl sites for hydroxylation is 2. The second-order valence-electron chi connectivity index (χ2n) is 5.44. The van der Waals surface area contributed by atoms with Crippen LogP contribution in [0, 0.1) is 6.92 Å². The molecule has 0 radical (unpaired) electrons. The van der Waals surface area contributed by atoms with Gasteiger partial charge in [-0.1, -0.05) is 0 Å². The topological polar surface area (TPSA) is 73.2 Å². The predicted molar refractivity (Wildman–Crippen MR) is 70.7 cm³/mol. The highest BCUT2D eigenvalue weighted by molar-refractivity contribution is 5.69. The van der Waals surface area contributed by atoms with Gasteiger partial charge in [0.25, 0.3) is 0 Å². The van der Waals surface area contributed by atoms with Gasteiger partial charge < -0.3 is 14.8 Å². The first-order valence-corrected chi connectivity index (χ1v) is 6.16. The van der Waals surface area contributed by atoms with Gasteiger partial charge in [0, 0.05) is 13.5 Å². The zero-order valence-electron chi connectivity index (χ0n) is 12.1. The fourth-order valence-electron chi connectivity index (χ4n) is 1.84. The van der Waals surface area contributed by atoms with Crippen LogP contribution in [0.5, 0.6) is 0 Å². The number of carbonyl (C=O) groups excluding carboxylic acids is 2. The van der Waals surface area contributed by atoms with E-state index in [0.717, 1.165) is 17.5 Å². The Balaban J connectivity index is 2.85. The number of nitrogens with one attached hydrogen (secondary N) is 1. The molecular weight excluding hydrogens is 246 g/mol. The van der Waals surface area contributed by atoms with E-state index >= 15 is 0 Å². The summed E-state index contributed by atoms with van der Waals surface area (Å²) >= 11 is 0. The molecule has 0 bridgehead atoms. The summed E-state index contributed by atoms with van der Waals surface area (Å²) in [5.41, 5.74) is 1.15. The third-order valence-corrected chi connectivity index (χ3v) is 2.53. The molecule has 0 spiro atoms. The van der Waals surface area contributed by atoms with Gasteiger partial charge in [-0.25, -0.2) is 4.79 Å². The summed E-state index contributed by atoms with van der Waals surface area (Å²) in [7, 11) is 1.77. The number of aldehydes is 1. The molecule has 0 fully saturated rings. The van der Waals surface area contributed by atoms with Gasteiger partial charge in [0.2, 0.25) is 0 Å². The molecule has 0 unspecified atom stereocenters. The van der Waals surface area contributed by atoms with Gasteiger partial charge in [-0.05, 0) is 33.3 Å². The second-order valence-corrected chi connectivity index (χ2v) is 5.44. The lowest BCUT2D eigenvalue weighted by atomic mass is 10.1. The van der Waals surface area contributed by atoms with Crippen LogP contribution in [0.3, 0.4) is 0 Å². The van der Waals surface area contributed by atoms with Crippen molar-refractivity contribution >= 4 is 12.4 Å². The van der Waals surface area contributed by atoms with Crippen molar-refractivity contribution in [3.05, 3.63) is 17.5 Å². The molecule has 1 aromatic heterocycles. The first kappa shape index (κ1) is 15.2. The zero-order chi connectivity index (χ0) is 14.6. The lowest BCUT2D eigenvalue weighted by Crippen LogP contribution is -2.36. The minimum atomic E-state index is -0.572. The Hall–Kier alpha value is -1.85. The highest BCUT2D eigenvalue weighted by Gasteiger charge is 2.23. The second kappa shape index (κ2) is 5.86. The molecule has 1 N–H and O–H groups in total. The molecule has 6 nitrogen and oxygen atoms in total. The first-order chi connectivity index (χ1) is 8.74. The van der Waals surface area contributed by atoms with Crippen molar-refractivity contribution in [3.63, 3.8) is 0 Å². The summed E-state index contributed by atoms with van der Waals surface area (Å²) in [6.07, 6.45) is 2.11. The van der Waals surface area contributed by atoms with Crippen molar-refractivity contribution in [2.24, 2.45) is 7.05 Å². The van der Waals surface area contributed by atoms with E-state index < -0.39 is 17.7 Å². The monoisotopic (exact) mass is 267 g/mol. The van der Waals surface area contributed by atoms with Gasteiger partial charge >= 0.3 is 6.09 Å². The molecule has 0 aliphatic rings. The van der Waals surface area contributed by atoms with Crippen molar-refractivity contribution in [2.45, 2.75) is 45.8 Å². The number of alkyl carbamates (subject to hydrolysis) is 1. The lowest BCUT2D eigenvalue weighted by molar-refractivity contribution is -0.108. The number of aromatic nitrogens is 2. The predicted octanol–water partition coefficient (Wildman–Crippen LogP) is 1.88. The van der Waals surface area contributed by atoms with Crippen LogP contribution in [0.25, 0.3) is 0 Å². The van der Waals surface area contributed by atoms with E-state index in [1.54, 1.807) is 38.7 Å². The maximum absolute atomic E-state index is 11.8. The molecule has 0 aliphatic carbocycles. The van der Waals surface area contributed by atoms with E-state index in [4.69, 9.17) is 4.74 Å². The minimum absolute atomic E-state index is 0.180. The van der Waals surface area contributed by atoms with Crippen LogP contribution in [0.1, 0.15) is 44.5 Å². The van der Waals surface area contributed by atoms with Crippen molar-refractivity contribution in [3.8, 4) is 0 Å². The molecule has 106 valence electrons. The van der Waals surface area contributed by atoms with Crippen LogP contribution >= 0.6 is 0 Å². The Kier molecular flexibility index (Phi) is 4.69. The van der Waals surface area contributed by atoms with Crippen LogP contribution in [0.4, 0.5) is 4.79 Å². The number of hydrogen-bond donors (Lipinski definition) is 1. The Labute approximate surface area is 113 Å². The van der Waals surface area contributed by atoms with E-state index in [2.05, 4.69) is 10.4 Å². The molecule has 1 amide bonds. The van der Waals surface area contributed by atoms with Crippen molar-refractivity contribution in [1.29, 1.82) is 0 Å². The Morgan fingerprint density at radius 1 is 1.58 bits per heavy atom. The molecule has 1 rings (SSSR count). The SMILES string of the molecule is Cc1cnn(C)c1[C@@H](CC=O)NC(=O)OC(C)(C)C. The standard InChI is InChI=1S/C13H21N3O3/c1-9-8-14-16(5)11(9)10(6-7-17)15-12(18)19-13(2,3)4/h7-8,10H,6H2,1-5H3,(H,15,18)/t10-/m1/s1. The van der Waals surface area contributed by atoms with Crippen molar-refractivity contribution < 1.29 is 14.3 Å². The minimum Gasteiger partial charge on any atom is -0.444 e. The third-order valence-electron chi connectivity index (χ3n) is 2.53. The number of amides is 1. The number of carbonyl (C=O) groups is 2. The number of nitrogens with zero attached hydrogens (tertiary/aromatic N) is 2. The number of hydrogen-bond acceptors (Lipinski definition) is 4. The Morgan fingerprint density at radius 3 is 2.63 bits per heavy atom. The fourth-order valence-corrected chi connectivity index (χ4v) is 1.84. The molecule has 1 heterocycles. The molecule has 0 saturated carbocycles. The van der Waals surface area contributed by atoms with E-state index in [0.29, 0.717) is 0 Å². The van der Waals surface area contributed by atoms with Gasteiger partial charge in [0.1, 0.15) is 11.9 Å². The molecule has 0 saturated heterocycles. The summed E-state index contributed by atoms with van der Waals surface area (Å²) in [5.74, 6) is 0. The van der Waals surface area contributed by atoms with E-state index in [1.807, 2.05) is 6.92 Å². The zero-order valence-corrected chi connectivity index (χ0v) is 12.1. The fraction of sp³-hybridized carbons (Fsp3) is 0.615. The average molecular weight is 267 g/mol. The molecule has 0 aliphatic heterocycles. The van der Waals surface area contributed by atoms with Crippen molar-refractivity contribution in [2.75, 3.05) is 0 Å². The van der Waals surface area contributed by atoms with Gasteiger partial charge in [0.05, 0.1) is 17.9 Å². The average Bonchev–Trinajstić information content (AvgIpc) is 2.55. The van der Waals surface area contributed by atoms with Crippen LogP contribution in [0.2, 0.25) is 0 Å². The van der Waals surface area contributed by atoms with E-state index in [-0.39, 0.29) is 6.42 Å². The van der Waals surface area contributed by atoms with Crippen molar-refractivity contribution in [1.82, 2.24) is 15.1 Å². The Bertz CT molecular complexity index is 441. The van der Waals surface area contributed by atoms with E-state index in [9.17, 15) is 9.59 Å². The highest BCUT2D eigenvalue weighted by atomic mass is 16.6. The normalized spacial score (nSPS) is 12.9. The van der Waals surface area contributed by atoms with Crippen LogP contribution in [-0.4, -0.2) is 27.8 Å². The number of rotatable bonds is 4. The first-order valence-electron chi connectivity index (χ1n) is 6.16. The van der Waals surface area contributed by atoms with Gasteiger partial charge in [0.15, 0.2) is 0 Å². The molecule has 19 heavy (non-hydrogen) atoms. The largest absolute Gasteiger partial charge is 0.444 e. The van der Waals surface area contributed by atoms with Gasteiger partial charge in [-0.3, -0.25) is 4.68 Å². The van der Waals surface area contributed by atoms with Crippen LogP contribution in [-0.2, 0) is 16.6 Å². The van der Waals surface area contributed by atoms with E-state index in [1.165, 1.54) is 0 Å². The summed E-state index contributed by atoms with van der Waals surface area (Å²) in [4.78, 5) is 22.6. The maximum Gasteiger partial charge on any atom is 0.408 e. The molecule has 1 atom stereocenters. The van der Waals surface area contributed by atoms with Gasteiger partial charge in [-0.2, -0.15) is 5.10 Å². The smallest absolute Gasteiger partial charge is 0.408 e. The summed E-state index contributed by atoms with van der Waals surface area (Å²) in [5, 5.41) is 6.82. The lowest BCUT2D eigenvalue weighted by Gasteiger charge is -2.23. The summed E-state index contributed by atoms with van der Waals surface area (Å²) in [6.45, 7) is 7.25. The molecule has 1 aromatic rings. The molecular formula is C13H21N3O3. The van der Waals surface area contributed by atoms with Crippen LogP contribution < -0.4 is 5.32 Å².